The van der Waals surface area contributed by atoms with E-state index in [0.29, 0.717) is 32.6 Å². The van der Waals surface area contributed by atoms with Gasteiger partial charge in [-0.25, -0.2) is 4.79 Å². The normalized spacial score (nSPS) is 16.9. The van der Waals surface area contributed by atoms with E-state index in [-0.39, 0.29) is 23.0 Å². The van der Waals surface area contributed by atoms with Gasteiger partial charge in [0.1, 0.15) is 0 Å². The fourth-order valence-electron chi connectivity index (χ4n) is 5.40. The predicted molar refractivity (Wildman–Crippen MR) is 144 cm³/mol. The van der Waals surface area contributed by atoms with Crippen molar-refractivity contribution >= 4 is 11.9 Å². The molecule has 3 amide bonds. The van der Waals surface area contributed by atoms with Gasteiger partial charge in [0.25, 0.3) is 0 Å². The fraction of sp³-hybridized carbons (Fsp3) is 0.929. The van der Waals surface area contributed by atoms with E-state index in [1.807, 2.05) is 37.5 Å². The minimum absolute atomic E-state index is 0.0287. The molecule has 1 rings (SSSR count). The molecule has 0 aromatic rings. The van der Waals surface area contributed by atoms with Crippen molar-refractivity contribution in [2.24, 2.45) is 11.1 Å². The third-order valence-corrected chi connectivity index (χ3v) is 7.15. The number of amides is 3. The maximum atomic E-state index is 13.2. The van der Waals surface area contributed by atoms with Crippen molar-refractivity contribution in [3.63, 3.8) is 0 Å². The summed E-state index contributed by atoms with van der Waals surface area (Å²) in [6.07, 6.45) is 13.8. The second-order valence-corrected chi connectivity index (χ2v) is 12.3. The molecule has 1 aliphatic heterocycles. The Bertz CT molecular complexity index is 606. The summed E-state index contributed by atoms with van der Waals surface area (Å²) in [6.45, 7) is 16.9. The summed E-state index contributed by atoms with van der Waals surface area (Å²) < 4.78 is 0. The van der Waals surface area contributed by atoms with Crippen LogP contribution in [-0.4, -0.2) is 59.0 Å². The van der Waals surface area contributed by atoms with Crippen LogP contribution < -0.4 is 11.1 Å². The van der Waals surface area contributed by atoms with E-state index >= 15 is 0 Å². The van der Waals surface area contributed by atoms with E-state index in [4.69, 9.17) is 5.73 Å². The quantitative estimate of drug-likeness (QED) is 0.279. The molecule has 0 aromatic heterocycles. The zero-order valence-corrected chi connectivity index (χ0v) is 23.6. The lowest BCUT2D eigenvalue weighted by Crippen LogP contribution is -2.58. The van der Waals surface area contributed by atoms with Crippen molar-refractivity contribution in [2.45, 2.75) is 137 Å². The molecule has 6 heteroatoms. The number of piperazine rings is 1. The minimum Gasteiger partial charge on any atom is -0.339 e. The molecule has 0 radical (unpaired) electrons. The molecule has 6 nitrogen and oxygen atoms in total. The predicted octanol–water partition coefficient (Wildman–Crippen LogP) is 6.08. The Kier molecular flexibility index (Phi) is 12.9. The van der Waals surface area contributed by atoms with Gasteiger partial charge in [-0.3, -0.25) is 4.79 Å². The average Bonchev–Trinajstić information content (AvgIpc) is 2.74. The van der Waals surface area contributed by atoms with Crippen molar-refractivity contribution in [1.29, 1.82) is 0 Å². The monoisotopic (exact) mass is 480 g/mol. The third kappa shape index (κ3) is 11.4. The number of urea groups is 1. The number of nitrogens with zero attached hydrogens (tertiary/aromatic N) is 2. The second kappa shape index (κ2) is 14.3. The van der Waals surface area contributed by atoms with Crippen LogP contribution in [0.2, 0.25) is 0 Å². The molecule has 0 aromatic carbocycles. The molecule has 1 aliphatic rings. The van der Waals surface area contributed by atoms with Gasteiger partial charge in [-0.15, -0.1) is 0 Å². The molecule has 1 atom stereocenters. The molecule has 1 fully saturated rings. The van der Waals surface area contributed by atoms with Gasteiger partial charge in [0.2, 0.25) is 5.91 Å². The zero-order chi connectivity index (χ0) is 25.8. The highest BCUT2D eigenvalue weighted by molar-refractivity contribution is 5.82. The molecule has 0 saturated carbocycles. The number of nitrogens with one attached hydrogen (secondary N) is 1. The molecular weight excluding hydrogens is 424 g/mol. The van der Waals surface area contributed by atoms with Crippen LogP contribution in [0.15, 0.2) is 0 Å². The van der Waals surface area contributed by atoms with Gasteiger partial charge in [0.05, 0.1) is 0 Å². The third-order valence-electron chi connectivity index (χ3n) is 7.15. The Hall–Kier alpha value is -1.30. The van der Waals surface area contributed by atoms with Crippen LogP contribution in [0.5, 0.6) is 0 Å². The summed E-state index contributed by atoms with van der Waals surface area (Å²) in [4.78, 5) is 30.1. The van der Waals surface area contributed by atoms with Crippen molar-refractivity contribution in [1.82, 2.24) is 15.1 Å². The van der Waals surface area contributed by atoms with Crippen LogP contribution >= 0.6 is 0 Å². The molecule has 0 bridgehead atoms. The van der Waals surface area contributed by atoms with Crippen LogP contribution in [0, 0.1) is 5.41 Å². The van der Waals surface area contributed by atoms with E-state index < -0.39 is 5.41 Å². The highest BCUT2D eigenvalue weighted by Crippen LogP contribution is 2.29. The lowest BCUT2D eigenvalue weighted by atomic mass is 9.79. The molecule has 1 heterocycles. The average molecular weight is 481 g/mol. The second-order valence-electron chi connectivity index (χ2n) is 12.3. The molecule has 1 saturated heterocycles. The van der Waals surface area contributed by atoms with Gasteiger partial charge in [0.15, 0.2) is 0 Å². The van der Waals surface area contributed by atoms with Gasteiger partial charge in [0, 0.05) is 42.7 Å². The number of hydrogen-bond donors (Lipinski definition) is 2. The summed E-state index contributed by atoms with van der Waals surface area (Å²) >= 11 is 0. The van der Waals surface area contributed by atoms with Crippen LogP contribution in [-0.2, 0) is 4.79 Å². The number of unbranched alkanes of at least 4 members (excludes halogenated alkanes) is 7. The first-order chi connectivity index (χ1) is 15.8. The van der Waals surface area contributed by atoms with Crippen LogP contribution in [0.4, 0.5) is 4.79 Å². The zero-order valence-electron chi connectivity index (χ0n) is 23.6. The first kappa shape index (κ1) is 30.7. The number of rotatable bonds is 15. The van der Waals surface area contributed by atoms with Gasteiger partial charge in [-0.2, -0.15) is 0 Å². The van der Waals surface area contributed by atoms with Crippen LogP contribution in [0.3, 0.4) is 0 Å². The molecule has 34 heavy (non-hydrogen) atoms. The number of carbonyl (C=O) groups excluding carboxylic acids is 2. The van der Waals surface area contributed by atoms with E-state index in [9.17, 15) is 9.59 Å². The van der Waals surface area contributed by atoms with Crippen molar-refractivity contribution in [2.75, 3.05) is 26.2 Å². The molecule has 200 valence electrons. The van der Waals surface area contributed by atoms with Gasteiger partial charge in [-0.1, -0.05) is 85.5 Å². The van der Waals surface area contributed by atoms with E-state index in [2.05, 4.69) is 26.1 Å². The maximum absolute atomic E-state index is 13.2. The first-order valence-corrected chi connectivity index (χ1v) is 14.0. The SMILES string of the molecule is CCCCCCCC(C)(CCCCCC)NC(=O)N1CCN(C(=O)C(C)(C)CC(C)(C)N)CC1. The van der Waals surface area contributed by atoms with E-state index in [1.165, 1.54) is 51.4 Å². The standard InChI is InChI=1S/C28H56N4O2/c1-8-10-12-14-16-18-28(7,17-15-13-11-9-2)30-25(34)32-21-19-31(20-22-32)24(33)26(3,4)23-27(5,6)29/h8-23,29H2,1-7H3,(H,30,34). The smallest absolute Gasteiger partial charge is 0.317 e. The highest BCUT2D eigenvalue weighted by Gasteiger charge is 2.38. The van der Waals surface area contributed by atoms with Gasteiger partial charge in [-0.05, 0) is 40.0 Å². The molecule has 3 N–H and O–H groups in total. The minimum atomic E-state index is -0.502. The number of carbonyl (C=O) groups is 2. The first-order valence-electron chi connectivity index (χ1n) is 14.0. The van der Waals surface area contributed by atoms with Crippen molar-refractivity contribution < 1.29 is 9.59 Å². The number of nitrogens with two attached hydrogens (primary N) is 1. The van der Waals surface area contributed by atoms with Crippen LogP contribution in [0.1, 0.15) is 126 Å². The van der Waals surface area contributed by atoms with Crippen molar-refractivity contribution in [3.05, 3.63) is 0 Å². The van der Waals surface area contributed by atoms with E-state index in [0.717, 1.165) is 19.3 Å². The van der Waals surface area contributed by atoms with Gasteiger partial charge < -0.3 is 20.9 Å². The summed E-state index contributed by atoms with van der Waals surface area (Å²) in [5.41, 5.74) is 5.14. The van der Waals surface area contributed by atoms with Gasteiger partial charge >= 0.3 is 6.03 Å². The summed E-state index contributed by atoms with van der Waals surface area (Å²) in [5, 5.41) is 3.40. The van der Waals surface area contributed by atoms with E-state index in [1.54, 1.807) is 0 Å². The number of hydrogen-bond acceptors (Lipinski definition) is 3. The molecule has 1 unspecified atom stereocenters. The Morgan fingerprint density at radius 2 is 1.18 bits per heavy atom. The Morgan fingerprint density at radius 1 is 0.735 bits per heavy atom. The Morgan fingerprint density at radius 3 is 1.65 bits per heavy atom. The molecular formula is C28H56N4O2. The summed E-state index contributed by atoms with van der Waals surface area (Å²) in [6, 6.07) is 0.0287. The largest absolute Gasteiger partial charge is 0.339 e. The summed E-state index contributed by atoms with van der Waals surface area (Å²) in [5.74, 6) is 0.138. The summed E-state index contributed by atoms with van der Waals surface area (Å²) in [7, 11) is 0. The van der Waals surface area contributed by atoms with Crippen LogP contribution in [0.25, 0.3) is 0 Å². The Balaban J connectivity index is 2.64. The fourth-order valence-corrected chi connectivity index (χ4v) is 5.40. The lowest BCUT2D eigenvalue weighted by molar-refractivity contribution is -0.142. The molecule has 0 aliphatic carbocycles. The maximum Gasteiger partial charge on any atom is 0.317 e. The highest BCUT2D eigenvalue weighted by atomic mass is 16.2. The molecule has 0 spiro atoms. The Labute approximate surface area is 210 Å². The topological polar surface area (TPSA) is 78.7 Å². The lowest BCUT2D eigenvalue weighted by Gasteiger charge is -2.41. The van der Waals surface area contributed by atoms with Crippen molar-refractivity contribution in [3.8, 4) is 0 Å².